The number of rotatable bonds is 10. The molecule has 33 heavy (non-hydrogen) atoms. The average Bonchev–Trinajstić information content (AvgIpc) is 3.23. The number of carbonyl (C=O) groups excluding carboxylic acids is 1. The molecule has 0 fully saturated rings. The molecule has 0 radical (unpaired) electrons. The third-order valence-corrected chi connectivity index (χ3v) is 5.32. The van der Waals surface area contributed by atoms with E-state index in [1.54, 1.807) is 18.6 Å². The molecule has 1 amide bonds. The second-order valence-electron chi connectivity index (χ2n) is 7.81. The normalized spacial score (nSPS) is 12.0. The Morgan fingerprint density at radius 1 is 0.939 bits per heavy atom. The number of para-hydroxylation sites is 1. The molecule has 4 rings (SSSR count). The minimum atomic E-state index is -1.07. The van der Waals surface area contributed by atoms with Gasteiger partial charge in [-0.25, -0.2) is 4.79 Å². The van der Waals surface area contributed by atoms with Crippen molar-refractivity contribution in [2.75, 3.05) is 6.54 Å². The van der Waals surface area contributed by atoms with E-state index in [1.807, 2.05) is 65.6 Å². The lowest BCUT2D eigenvalue weighted by atomic mass is 10.0. The third kappa shape index (κ3) is 6.02. The summed E-state index contributed by atoms with van der Waals surface area (Å²) in [6.45, 7) is 0.890. The van der Waals surface area contributed by atoms with Crippen molar-refractivity contribution in [1.82, 2.24) is 25.2 Å². The third-order valence-electron chi connectivity index (χ3n) is 5.32. The highest BCUT2D eigenvalue weighted by atomic mass is 16.4. The zero-order chi connectivity index (χ0) is 23.0. The highest BCUT2D eigenvalue weighted by molar-refractivity contribution is 5.87. The van der Waals surface area contributed by atoms with Crippen molar-refractivity contribution in [3.63, 3.8) is 0 Å². The maximum absolute atomic E-state index is 12.9. The first-order valence-corrected chi connectivity index (χ1v) is 10.7. The lowest BCUT2D eigenvalue weighted by Crippen LogP contribution is -2.46. The largest absolute Gasteiger partial charge is 0.480 e. The lowest BCUT2D eigenvalue weighted by molar-refractivity contribution is -0.142. The first-order chi connectivity index (χ1) is 16.1. The zero-order valence-electron chi connectivity index (χ0n) is 18.0. The van der Waals surface area contributed by atoms with Gasteiger partial charge in [0.15, 0.2) is 0 Å². The summed E-state index contributed by atoms with van der Waals surface area (Å²) in [7, 11) is 0. The molecule has 8 heteroatoms. The monoisotopic (exact) mass is 443 g/mol. The van der Waals surface area contributed by atoms with Crippen molar-refractivity contribution in [3.05, 3.63) is 96.2 Å². The van der Waals surface area contributed by atoms with Crippen molar-refractivity contribution >= 4 is 22.8 Å². The number of amides is 1. The molecule has 1 atom stereocenters. The number of nitrogens with zero attached hydrogens (tertiary/aromatic N) is 3. The number of carboxylic acids is 1. The van der Waals surface area contributed by atoms with Crippen LogP contribution < -0.4 is 5.32 Å². The fourth-order valence-electron chi connectivity index (χ4n) is 3.77. The number of nitrogens with one attached hydrogen (secondary N) is 2. The number of carboxylic acid groups (broad SMARTS) is 1. The Labute approximate surface area is 191 Å². The Kier molecular flexibility index (Phi) is 7.06. The summed E-state index contributed by atoms with van der Waals surface area (Å²) in [5.41, 5.74) is 3.40. The van der Waals surface area contributed by atoms with E-state index in [4.69, 9.17) is 0 Å². The number of aliphatic carboxylic acids is 1. The number of aromatic amines is 1. The molecule has 8 nitrogen and oxygen atoms in total. The molecule has 3 heterocycles. The smallest absolute Gasteiger partial charge is 0.326 e. The van der Waals surface area contributed by atoms with E-state index in [0.717, 1.165) is 27.9 Å². The van der Waals surface area contributed by atoms with Gasteiger partial charge >= 0.3 is 5.97 Å². The Balaban J connectivity index is 1.45. The summed E-state index contributed by atoms with van der Waals surface area (Å²) in [4.78, 5) is 38.5. The Morgan fingerprint density at radius 2 is 1.58 bits per heavy atom. The van der Waals surface area contributed by atoms with Crippen LogP contribution in [0.2, 0.25) is 0 Å². The van der Waals surface area contributed by atoms with Crippen LogP contribution in [0.3, 0.4) is 0 Å². The van der Waals surface area contributed by atoms with Gasteiger partial charge in [0.05, 0.1) is 17.9 Å². The highest BCUT2D eigenvalue weighted by Crippen LogP contribution is 2.19. The van der Waals surface area contributed by atoms with Crippen LogP contribution in [0.15, 0.2) is 79.3 Å². The van der Waals surface area contributed by atoms with Crippen LogP contribution >= 0.6 is 0 Å². The van der Waals surface area contributed by atoms with E-state index in [9.17, 15) is 14.7 Å². The van der Waals surface area contributed by atoms with Crippen LogP contribution in [0, 0.1) is 0 Å². The zero-order valence-corrected chi connectivity index (χ0v) is 18.0. The van der Waals surface area contributed by atoms with Crippen molar-refractivity contribution in [3.8, 4) is 0 Å². The van der Waals surface area contributed by atoms with Gasteiger partial charge in [-0.15, -0.1) is 0 Å². The number of H-pyrrole nitrogens is 1. The van der Waals surface area contributed by atoms with Gasteiger partial charge in [-0.05, 0) is 35.9 Å². The van der Waals surface area contributed by atoms with E-state index < -0.39 is 12.0 Å². The van der Waals surface area contributed by atoms with Crippen LogP contribution in [0.4, 0.5) is 0 Å². The van der Waals surface area contributed by atoms with Gasteiger partial charge in [-0.1, -0.05) is 30.3 Å². The van der Waals surface area contributed by atoms with Gasteiger partial charge < -0.3 is 15.4 Å². The second kappa shape index (κ2) is 10.5. The van der Waals surface area contributed by atoms with Crippen LogP contribution in [-0.2, 0) is 29.1 Å². The van der Waals surface area contributed by atoms with E-state index in [0.29, 0.717) is 13.1 Å². The molecule has 1 aromatic carbocycles. The molecule has 0 saturated carbocycles. The molecule has 0 aliphatic heterocycles. The SMILES string of the molecule is O=C(CN(Cc1ccccn1)Cc1ccccn1)N[C@@H](Cc1c[nH]c2ccccc12)C(=O)O. The Hall–Kier alpha value is -4.04. The van der Waals surface area contributed by atoms with E-state index in [-0.39, 0.29) is 18.9 Å². The summed E-state index contributed by atoms with van der Waals surface area (Å²) < 4.78 is 0. The fraction of sp³-hybridized carbons (Fsp3) is 0.200. The summed E-state index contributed by atoms with van der Waals surface area (Å²) in [5.74, 6) is -1.44. The predicted molar refractivity (Wildman–Crippen MR) is 124 cm³/mol. The number of hydrogen-bond acceptors (Lipinski definition) is 5. The number of aromatic nitrogens is 3. The molecule has 3 aromatic heterocycles. The molecule has 0 unspecified atom stereocenters. The number of hydrogen-bond donors (Lipinski definition) is 3. The van der Waals surface area contributed by atoms with E-state index in [1.165, 1.54) is 0 Å². The number of fused-ring (bicyclic) bond motifs is 1. The van der Waals surface area contributed by atoms with Gasteiger partial charge in [-0.3, -0.25) is 19.7 Å². The van der Waals surface area contributed by atoms with Crippen molar-refractivity contribution in [2.45, 2.75) is 25.6 Å². The lowest BCUT2D eigenvalue weighted by Gasteiger charge is -2.22. The van der Waals surface area contributed by atoms with Gasteiger partial charge in [0.25, 0.3) is 0 Å². The first kappa shape index (κ1) is 22.2. The average molecular weight is 444 g/mol. The summed E-state index contributed by atoms with van der Waals surface area (Å²) in [6, 6.07) is 17.9. The molecule has 4 aromatic rings. The molecule has 0 spiro atoms. The standard InChI is InChI=1S/C25H25N5O3/c31-24(29-23(25(32)33)13-18-14-28-22-10-2-1-9-21(18)22)17-30(15-19-7-3-5-11-26-19)16-20-8-4-6-12-27-20/h1-12,14,23,28H,13,15-17H2,(H,29,31)(H,32,33)/t23-/m0/s1. The Bertz CT molecular complexity index is 1170. The van der Waals surface area contributed by atoms with Crippen LogP contribution in [0.1, 0.15) is 17.0 Å². The minimum Gasteiger partial charge on any atom is -0.480 e. The summed E-state index contributed by atoms with van der Waals surface area (Å²) in [6.07, 6.45) is 5.39. The molecule has 0 bridgehead atoms. The van der Waals surface area contributed by atoms with Crippen molar-refractivity contribution < 1.29 is 14.7 Å². The van der Waals surface area contributed by atoms with Gasteiger partial charge in [0, 0.05) is 49.0 Å². The number of pyridine rings is 2. The summed E-state index contributed by atoms with van der Waals surface area (Å²) >= 11 is 0. The maximum atomic E-state index is 12.9. The quantitative estimate of drug-likeness (QED) is 0.348. The van der Waals surface area contributed by atoms with Crippen LogP contribution in [-0.4, -0.2) is 49.4 Å². The second-order valence-corrected chi connectivity index (χ2v) is 7.81. The molecule has 0 aliphatic carbocycles. The van der Waals surface area contributed by atoms with Crippen LogP contribution in [0.5, 0.6) is 0 Å². The number of carbonyl (C=O) groups is 2. The summed E-state index contributed by atoms with van der Waals surface area (Å²) in [5, 5.41) is 13.4. The maximum Gasteiger partial charge on any atom is 0.326 e. The van der Waals surface area contributed by atoms with Crippen molar-refractivity contribution in [2.24, 2.45) is 0 Å². The van der Waals surface area contributed by atoms with E-state index >= 15 is 0 Å². The highest BCUT2D eigenvalue weighted by Gasteiger charge is 2.23. The minimum absolute atomic E-state index is 0.0187. The van der Waals surface area contributed by atoms with E-state index in [2.05, 4.69) is 20.3 Å². The molecule has 168 valence electrons. The molecule has 0 aliphatic rings. The topological polar surface area (TPSA) is 111 Å². The van der Waals surface area contributed by atoms with Crippen molar-refractivity contribution in [1.29, 1.82) is 0 Å². The first-order valence-electron chi connectivity index (χ1n) is 10.7. The van der Waals surface area contributed by atoms with Gasteiger partial charge in [0.1, 0.15) is 6.04 Å². The predicted octanol–water partition coefficient (Wildman–Crippen LogP) is 2.77. The fourth-order valence-corrected chi connectivity index (χ4v) is 3.77. The van der Waals surface area contributed by atoms with Crippen LogP contribution in [0.25, 0.3) is 10.9 Å². The molecular formula is C25H25N5O3. The number of benzene rings is 1. The Morgan fingerprint density at radius 3 is 2.18 bits per heavy atom. The van der Waals surface area contributed by atoms with Gasteiger partial charge in [-0.2, -0.15) is 0 Å². The molecule has 3 N–H and O–H groups in total. The van der Waals surface area contributed by atoms with Gasteiger partial charge in [0.2, 0.25) is 5.91 Å². The molecular weight excluding hydrogens is 418 g/mol. The molecule has 0 saturated heterocycles.